The molecule has 1 heterocycles. The van der Waals surface area contributed by atoms with Crippen molar-refractivity contribution in [2.45, 2.75) is 46.1 Å². The molecule has 1 amide bonds. The molecule has 0 aliphatic carbocycles. The molecule has 7 nitrogen and oxygen atoms in total. The number of carbonyl (C=O) groups excluding carboxylic acids is 1. The van der Waals surface area contributed by atoms with Gasteiger partial charge in [0.25, 0.3) is 5.91 Å². The second-order valence-corrected chi connectivity index (χ2v) is 9.39. The maximum absolute atomic E-state index is 14.5. The lowest BCUT2D eigenvalue weighted by Gasteiger charge is -2.20. The predicted molar refractivity (Wildman–Crippen MR) is 144 cm³/mol. The van der Waals surface area contributed by atoms with E-state index in [1.165, 1.54) is 6.92 Å². The molecule has 1 atom stereocenters. The third-order valence-electron chi connectivity index (χ3n) is 5.82. The summed E-state index contributed by atoms with van der Waals surface area (Å²) in [5.41, 5.74) is 1.15. The molecule has 0 fully saturated rings. The first kappa shape index (κ1) is 28.9. The molecular formula is C28H30F2N2O5S. The third kappa shape index (κ3) is 6.81. The summed E-state index contributed by atoms with van der Waals surface area (Å²) >= 11 is 1.15. The van der Waals surface area contributed by atoms with Gasteiger partial charge in [0.1, 0.15) is 17.4 Å². The number of carboxylic acids is 1. The van der Waals surface area contributed by atoms with Crippen molar-refractivity contribution in [3.8, 4) is 17.0 Å². The fourth-order valence-electron chi connectivity index (χ4n) is 3.79. The number of unbranched alkanes of at least 4 members (excludes halogenated alkanes) is 1. The maximum Gasteiger partial charge on any atom is 0.331 e. The smallest absolute Gasteiger partial charge is 0.331 e. The van der Waals surface area contributed by atoms with Gasteiger partial charge in [0.2, 0.25) is 0 Å². The molecule has 0 saturated carbocycles. The van der Waals surface area contributed by atoms with Crippen LogP contribution in [0.1, 0.15) is 67.6 Å². The van der Waals surface area contributed by atoms with Crippen molar-refractivity contribution < 1.29 is 33.0 Å². The van der Waals surface area contributed by atoms with Gasteiger partial charge in [-0.05, 0) is 44.0 Å². The average molecular weight is 545 g/mol. The van der Waals surface area contributed by atoms with E-state index < -0.39 is 29.1 Å². The largest absolute Gasteiger partial charge is 0.496 e. The number of benzene rings is 2. The molecule has 3 rings (SSSR count). The van der Waals surface area contributed by atoms with E-state index in [9.17, 15) is 18.4 Å². The Kier molecular flexibility index (Phi) is 10.1. The van der Waals surface area contributed by atoms with Crippen LogP contribution in [0.4, 0.5) is 13.9 Å². The summed E-state index contributed by atoms with van der Waals surface area (Å²) in [6.07, 6.45) is 3.49. The number of aromatic nitrogens is 1. The first-order valence-electron chi connectivity index (χ1n) is 12.2. The molecule has 202 valence electrons. The first-order valence-corrected chi connectivity index (χ1v) is 13.0. The number of thiazole rings is 1. The van der Waals surface area contributed by atoms with Gasteiger partial charge in [-0.2, -0.15) is 0 Å². The molecular weight excluding hydrogens is 514 g/mol. The number of carboxylic acid groups (broad SMARTS) is 1. The molecule has 0 radical (unpaired) electrons. The van der Waals surface area contributed by atoms with Gasteiger partial charge in [-0.1, -0.05) is 32.4 Å². The summed E-state index contributed by atoms with van der Waals surface area (Å²) in [5.74, 6) is -3.54. The average Bonchev–Trinajstić information content (AvgIpc) is 3.36. The lowest BCUT2D eigenvalue weighted by molar-refractivity contribution is -0.132. The number of carbonyl (C=O) groups is 2. The summed E-state index contributed by atoms with van der Waals surface area (Å²) in [5, 5.41) is 13.5. The van der Waals surface area contributed by atoms with E-state index in [1.54, 1.807) is 12.5 Å². The zero-order chi connectivity index (χ0) is 27.8. The van der Waals surface area contributed by atoms with E-state index in [2.05, 4.69) is 17.2 Å². The molecule has 2 aromatic carbocycles. The Morgan fingerprint density at radius 2 is 1.92 bits per heavy atom. The minimum Gasteiger partial charge on any atom is -0.496 e. The molecule has 0 saturated heterocycles. The molecule has 0 aliphatic heterocycles. The number of aliphatic carboxylic acids is 1. The number of para-hydroxylation sites is 1. The second kappa shape index (κ2) is 13.3. The number of ether oxygens (including phenoxy) is 2. The molecule has 0 spiro atoms. The molecule has 1 unspecified atom stereocenters. The van der Waals surface area contributed by atoms with E-state index in [4.69, 9.17) is 14.6 Å². The van der Waals surface area contributed by atoms with Crippen LogP contribution in [0.15, 0.2) is 41.3 Å². The van der Waals surface area contributed by atoms with Gasteiger partial charge in [-0.25, -0.2) is 18.6 Å². The highest BCUT2D eigenvalue weighted by Gasteiger charge is 2.21. The van der Waals surface area contributed by atoms with Gasteiger partial charge in [0.15, 0.2) is 5.13 Å². The van der Waals surface area contributed by atoms with Crippen LogP contribution in [0.3, 0.4) is 0 Å². The number of rotatable bonds is 12. The number of hydrogen-bond donors (Lipinski definition) is 2. The van der Waals surface area contributed by atoms with E-state index in [0.29, 0.717) is 18.1 Å². The summed E-state index contributed by atoms with van der Waals surface area (Å²) < 4.78 is 40.8. The van der Waals surface area contributed by atoms with E-state index >= 15 is 0 Å². The molecule has 2 N–H and O–H groups in total. The summed E-state index contributed by atoms with van der Waals surface area (Å²) in [6, 6.07) is 7.41. The summed E-state index contributed by atoms with van der Waals surface area (Å²) in [6.45, 7) is 6.01. The fraction of sp³-hybridized carbons (Fsp3) is 0.321. The number of nitrogens with one attached hydrogen (secondary N) is 1. The van der Waals surface area contributed by atoms with Gasteiger partial charge in [0.05, 0.1) is 18.9 Å². The topological polar surface area (TPSA) is 97.8 Å². The van der Waals surface area contributed by atoms with Crippen LogP contribution in [0, 0.1) is 11.6 Å². The van der Waals surface area contributed by atoms with Gasteiger partial charge in [-0.3, -0.25) is 10.1 Å². The monoisotopic (exact) mass is 544 g/mol. The Labute approximate surface area is 224 Å². The predicted octanol–water partition coefficient (Wildman–Crippen LogP) is 7.10. The summed E-state index contributed by atoms with van der Waals surface area (Å²) in [4.78, 5) is 28.2. The highest BCUT2D eigenvalue weighted by Crippen LogP contribution is 2.39. The van der Waals surface area contributed by atoms with Crippen molar-refractivity contribution in [2.75, 3.05) is 19.0 Å². The molecule has 1 aromatic heterocycles. The Hall–Kier alpha value is -3.63. The fourth-order valence-corrected chi connectivity index (χ4v) is 4.50. The lowest BCUT2D eigenvalue weighted by atomic mass is 10.0. The summed E-state index contributed by atoms with van der Waals surface area (Å²) in [7, 11) is 1.58. The van der Waals surface area contributed by atoms with Crippen molar-refractivity contribution in [2.24, 2.45) is 0 Å². The third-order valence-corrected chi connectivity index (χ3v) is 6.58. The molecule has 38 heavy (non-hydrogen) atoms. The van der Waals surface area contributed by atoms with Crippen LogP contribution in [0.5, 0.6) is 5.75 Å². The standard InChI is InChI=1S/C28H30F2N2O5S/c1-5-7-11-37-24(6-2)19-10-8-9-18(25(19)36-4)23-15-38-28(31-23)32-26(33)17-13-21(29)20(22(30)14-17)12-16(3)27(34)35/h8-10,12-15,24H,5-7,11H2,1-4H3,(H,34,35)(H,31,32,33)/b16-12+. The number of nitrogens with zero attached hydrogens (tertiary/aromatic N) is 1. The van der Waals surface area contributed by atoms with Crippen LogP contribution in [-0.4, -0.2) is 35.7 Å². The second-order valence-electron chi connectivity index (χ2n) is 8.53. The number of hydrogen-bond acceptors (Lipinski definition) is 6. The van der Waals surface area contributed by atoms with Crippen molar-refractivity contribution in [1.29, 1.82) is 0 Å². The van der Waals surface area contributed by atoms with Crippen LogP contribution < -0.4 is 10.1 Å². The zero-order valence-corrected chi connectivity index (χ0v) is 22.5. The Morgan fingerprint density at radius 1 is 1.21 bits per heavy atom. The lowest BCUT2D eigenvalue weighted by Crippen LogP contribution is -2.13. The molecule has 10 heteroatoms. The van der Waals surface area contributed by atoms with Gasteiger partial charge >= 0.3 is 5.97 Å². The van der Waals surface area contributed by atoms with Crippen LogP contribution in [0.25, 0.3) is 17.3 Å². The van der Waals surface area contributed by atoms with Crippen molar-refractivity contribution in [1.82, 2.24) is 4.98 Å². The van der Waals surface area contributed by atoms with Crippen LogP contribution in [-0.2, 0) is 9.53 Å². The number of halogens is 2. The van der Waals surface area contributed by atoms with E-state index in [-0.39, 0.29) is 22.4 Å². The Balaban J connectivity index is 1.84. The van der Waals surface area contributed by atoms with Gasteiger partial charge < -0.3 is 14.6 Å². The van der Waals surface area contributed by atoms with E-state index in [0.717, 1.165) is 59.9 Å². The zero-order valence-electron chi connectivity index (χ0n) is 21.6. The minimum atomic E-state index is -1.30. The molecule has 0 bridgehead atoms. The van der Waals surface area contributed by atoms with Gasteiger partial charge in [0, 0.05) is 39.8 Å². The number of amides is 1. The highest BCUT2D eigenvalue weighted by atomic mass is 32.1. The van der Waals surface area contributed by atoms with E-state index in [1.807, 2.05) is 25.1 Å². The quantitative estimate of drug-likeness (QED) is 0.186. The SMILES string of the molecule is CCCCOC(CC)c1cccc(-c2csc(NC(=O)c3cc(F)c(/C=C(\C)C(=O)O)c(F)c3)n2)c1OC. The van der Waals surface area contributed by atoms with Gasteiger partial charge in [-0.15, -0.1) is 11.3 Å². The molecule has 0 aliphatic rings. The van der Waals surface area contributed by atoms with Crippen LogP contribution in [0.2, 0.25) is 0 Å². The van der Waals surface area contributed by atoms with Crippen molar-refractivity contribution >= 4 is 34.4 Å². The first-order chi connectivity index (χ1) is 18.2. The molecule has 3 aromatic rings. The maximum atomic E-state index is 14.5. The number of methoxy groups -OCH3 is 1. The van der Waals surface area contributed by atoms with Crippen molar-refractivity contribution in [3.05, 3.63) is 69.6 Å². The normalized spacial score (nSPS) is 12.3. The Bertz CT molecular complexity index is 1320. The van der Waals surface area contributed by atoms with Crippen molar-refractivity contribution in [3.63, 3.8) is 0 Å². The van der Waals surface area contributed by atoms with Crippen LogP contribution >= 0.6 is 11.3 Å². The number of anilines is 1. The highest BCUT2D eigenvalue weighted by molar-refractivity contribution is 7.14. The minimum absolute atomic E-state index is 0.142. The Morgan fingerprint density at radius 3 is 2.53 bits per heavy atom.